The summed E-state index contributed by atoms with van der Waals surface area (Å²) in [4.78, 5) is 10.8. The molecule has 0 saturated heterocycles. The number of carboxylic acid groups (broad SMARTS) is 1. The van der Waals surface area contributed by atoms with Gasteiger partial charge in [0.15, 0.2) is 0 Å². The van der Waals surface area contributed by atoms with Gasteiger partial charge in [0.05, 0.1) is 5.92 Å². The highest BCUT2D eigenvalue weighted by atomic mass is 79.9. The average Bonchev–Trinajstić information content (AvgIpc) is 2.09. The summed E-state index contributed by atoms with van der Waals surface area (Å²) in [5, 5.41) is 8.85. The van der Waals surface area contributed by atoms with Crippen molar-refractivity contribution >= 4 is 21.9 Å². The van der Waals surface area contributed by atoms with Gasteiger partial charge in [0.2, 0.25) is 0 Å². The third-order valence-corrected chi connectivity index (χ3v) is 2.54. The Balaban J connectivity index is 3.04. The van der Waals surface area contributed by atoms with Crippen molar-refractivity contribution < 1.29 is 9.90 Å². The minimum Gasteiger partial charge on any atom is -0.481 e. The van der Waals surface area contributed by atoms with Crippen LogP contribution in [0.5, 0.6) is 0 Å². The van der Waals surface area contributed by atoms with Gasteiger partial charge in [-0.3, -0.25) is 4.79 Å². The first kappa shape index (κ1) is 10.2. The molecule has 4 heteroatoms. The van der Waals surface area contributed by atoms with Gasteiger partial charge in [-0.05, 0) is 11.6 Å². The lowest BCUT2D eigenvalue weighted by Crippen LogP contribution is -2.21. The Labute approximate surface area is 84.7 Å². The molecule has 3 N–H and O–H groups in total. The van der Waals surface area contributed by atoms with Gasteiger partial charge in [0.1, 0.15) is 0 Å². The van der Waals surface area contributed by atoms with Gasteiger partial charge >= 0.3 is 5.97 Å². The Kier molecular flexibility index (Phi) is 3.45. The molecule has 0 spiro atoms. The zero-order chi connectivity index (χ0) is 9.84. The molecular weight excluding hydrogens is 234 g/mol. The molecule has 3 nitrogen and oxygen atoms in total. The average molecular weight is 244 g/mol. The Morgan fingerprint density at radius 2 is 2.15 bits per heavy atom. The highest BCUT2D eigenvalue weighted by molar-refractivity contribution is 9.10. The minimum absolute atomic E-state index is 0.109. The second-order valence-corrected chi connectivity index (χ2v) is 3.50. The number of nitrogens with two attached hydrogens (primary N) is 1. The Morgan fingerprint density at radius 3 is 2.62 bits per heavy atom. The number of hydrogen-bond acceptors (Lipinski definition) is 2. The summed E-state index contributed by atoms with van der Waals surface area (Å²) in [6.07, 6.45) is 0. The monoisotopic (exact) mass is 243 g/mol. The van der Waals surface area contributed by atoms with Gasteiger partial charge in [-0.15, -0.1) is 0 Å². The highest BCUT2D eigenvalue weighted by Gasteiger charge is 2.19. The van der Waals surface area contributed by atoms with E-state index in [2.05, 4.69) is 15.9 Å². The van der Waals surface area contributed by atoms with Crippen molar-refractivity contribution in [3.63, 3.8) is 0 Å². The molecule has 0 fully saturated rings. The standard InChI is InChI=1S/C9H10BrNO2/c10-8-4-2-1-3-6(8)7(5-11)9(12)13/h1-4,7H,5,11H2,(H,12,13). The summed E-state index contributed by atoms with van der Waals surface area (Å²) in [7, 11) is 0. The van der Waals surface area contributed by atoms with Crippen molar-refractivity contribution in [2.75, 3.05) is 6.54 Å². The fraction of sp³-hybridized carbons (Fsp3) is 0.222. The summed E-state index contributed by atoms with van der Waals surface area (Å²) < 4.78 is 0.785. The van der Waals surface area contributed by atoms with Crippen LogP contribution in [0.15, 0.2) is 28.7 Å². The predicted octanol–water partition coefficient (Wildman–Crippen LogP) is 1.58. The molecule has 0 bridgehead atoms. The summed E-state index contributed by atoms with van der Waals surface area (Å²) in [5.41, 5.74) is 6.09. The number of carboxylic acids is 1. The molecule has 70 valence electrons. The molecule has 0 aliphatic heterocycles. The minimum atomic E-state index is -0.894. The Hall–Kier alpha value is -0.870. The number of halogens is 1. The number of hydrogen-bond donors (Lipinski definition) is 2. The van der Waals surface area contributed by atoms with Gasteiger partial charge in [0, 0.05) is 11.0 Å². The van der Waals surface area contributed by atoms with Gasteiger partial charge < -0.3 is 10.8 Å². The number of carbonyl (C=O) groups is 1. The van der Waals surface area contributed by atoms with Crippen molar-refractivity contribution in [2.45, 2.75) is 5.92 Å². The molecule has 1 atom stereocenters. The topological polar surface area (TPSA) is 63.3 Å². The van der Waals surface area contributed by atoms with Crippen molar-refractivity contribution in [1.82, 2.24) is 0 Å². The van der Waals surface area contributed by atoms with Gasteiger partial charge in [-0.1, -0.05) is 34.1 Å². The fourth-order valence-corrected chi connectivity index (χ4v) is 1.68. The first-order valence-electron chi connectivity index (χ1n) is 3.84. The highest BCUT2D eigenvalue weighted by Crippen LogP contribution is 2.24. The van der Waals surface area contributed by atoms with Crippen LogP contribution in [-0.2, 0) is 4.79 Å². The second kappa shape index (κ2) is 4.39. The van der Waals surface area contributed by atoms with E-state index in [0.717, 1.165) is 10.0 Å². The van der Waals surface area contributed by atoms with Crippen LogP contribution in [0, 0.1) is 0 Å². The molecule has 0 saturated carbocycles. The van der Waals surface area contributed by atoms with Crippen molar-refractivity contribution in [3.8, 4) is 0 Å². The van der Waals surface area contributed by atoms with E-state index >= 15 is 0 Å². The number of rotatable bonds is 3. The lowest BCUT2D eigenvalue weighted by atomic mass is 10.00. The molecule has 0 aromatic heterocycles. The molecule has 1 unspecified atom stereocenters. The molecular formula is C9H10BrNO2. The molecule has 1 aromatic carbocycles. The normalized spacial score (nSPS) is 12.5. The molecule has 13 heavy (non-hydrogen) atoms. The van der Waals surface area contributed by atoms with Gasteiger partial charge in [-0.25, -0.2) is 0 Å². The first-order chi connectivity index (χ1) is 6.16. The smallest absolute Gasteiger partial charge is 0.312 e. The van der Waals surface area contributed by atoms with E-state index in [9.17, 15) is 4.79 Å². The zero-order valence-electron chi connectivity index (χ0n) is 6.90. The largest absolute Gasteiger partial charge is 0.481 e. The van der Waals surface area contributed by atoms with Gasteiger partial charge in [0.25, 0.3) is 0 Å². The number of benzene rings is 1. The summed E-state index contributed by atoms with van der Waals surface area (Å²) in [6.45, 7) is 0.109. The quantitative estimate of drug-likeness (QED) is 0.848. The molecule has 0 aliphatic rings. The van der Waals surface area contributed by atoms with E-state index < -0.39 is 11.9 Å². The third kappa shape index (κ3) is 2.29. The van der Waals surface area contributed by atoms with Crippen LogP contribution < -0.4 is 5.73 Å². The molecule has 0 heterocycles. The Bertz CT molecular complexity index is 314. The number of aliphatic carboxylic acids is 1. The van der Waals surface area contributed by atoms with Crippen LogP contribution >= 0.6 is 15.9 Å². The van der Waals surface area contributed by atoms with E-state index in [0.29, 0.717) is 0 Å². The molecule has 0 radical (unpaired) electrons. The van der Waals surface area contributed by atoms with Crippen LogP contribution in [0.25, 0.3) is 0 Å². The van der Waals surface area contributed by atoms with E-state index in [1.54, 1.807) is 18.2 Å². The maximum atomic E-state index is 10.8. The van der Waals surface area contributed by atoms with Crippen LogP contribution in [0.4, 0.5) is 0 Å². The Morgan fingerprint density at radius 1 is 1.54 bits per heavy atom. The van der Waals surface area contributed by atoms with E-state index in [1.807, 2.05) is 6.07 Å². The predicted molar refractivity (Wildman–Crippen MR) is 53.6 cm³/mol. The zero-order valence-corrected chi connectivity index (χ0v) is 8.49. The summed E-state index contributed by atoms with van der Waals surface area (Å²) in [5.74, 6) is -1.52. The third-order valence-electron chi connectivity index (χ3n) is 1.81. The van der Waals surface area contributed by atoms with Crippen molar-refractivity contribution in [2.24, 2.45) is 5.73 Å². The SMILES string of the molecule is NCC(C(=O)O)c1ccccc1Br. The lowest BCUT2D eigenvalue weighted by molar-refractivity contribution is -0.138. The van der Waals surface area contributed by atoms with Crippen LogP contribution in [0.2, 0.25) is 0 Å². The molecule has 1 aromatic rings. The van der Waals surface area contributed by atoms with Gasteiger partial charge in [-0.2, -0.15) is 0 Å². The van der Waals surface area contributed by atoms with Crippen LogP contribution in [-0.4, -0.2) is 17.6 Å². The first-order valence-corrected chi connectivity index (χ1v) is 4.63. The van der Waals surface area contributed by atoms with Crippen molar-refractivity contribution in [3.05, 3.63) is 34.3 Å². The molecule has 0 amide bonds. The van der Waals surface area contributed by atoms with E-state index in [-0.39, 0.29) is 6.54 Å². The summed E-state index contributed by atoms with van der Waals surface area (Å²) in [6, 6.07) is 7.20. The second-order valence-electron chi connectivity index (χ2n) is 2.65. The maximum absolute atomic E-state index is 10.8. The van der Waals surface area contributed by atoms with Crippen LogP contribution in [0.3, 0.4) is 0 Å². The van der Waals surface area contributed by atoms with E-state index in [4.69, 9.17) is 10.8 Å². The van der Waals surface area contributed by atoms with Crippen LogP contribution in [0.1, 0.15) is 11.5 Å². The maximum Gasteiger partial charge on any atom is 0.312 e. The summed E-state index contributed by atoms with van der Waals surface area (Å²) >= 11 is 3.29. The van der Waals surface area contributed by atoms with Crippen molar-refractivity contribution in [1.29, 1.82) is 0 Å². The van der Waals surface area contributed by atoms with E-state index in [1.165, 1.54) is 0 Å². The lowest BCUT2D eigenvalue weighted by Gasteiger charge is -2.11. The fourth-order valence-electron chi connectivity index (χ4n) is 1.12. The molecule has 0 aliphatic carbocycles. The molecule has 1 rings (SSSR count).